The second kappa shape index (κ2) is 5.05. The van der Waals surface area contributed by atoms with Crippen LogP contribution in [0.15, 0.2) is 35.0 Å². The average molecular weight is 276 g/mol. The van der Waals surface area contributed by atoms with Gasteiger partial charge in [0.05, 0.1) is 6.54 Å². The molecule has 3 rings (SSSR count). The summed E-state index contributed by atoms with van der Waals surface area (Å²) in [7, 11) is 0. The van der Waals surface area contributed by atoms with Gasteiger partial charge in [0, 0.05) is 23.2 Å². The van der Waals surface area contributed by atoms with Gasteiger partial charge in [-0.25, -0.2) is 0 Å². The number of fused-ring (bicyclic) bond motifs is 1. The maximum Gasteiger partial charge on any atom is 0.226 e. The summed E-state index contributed by atoms with van der Waals surface area (Å²) in [5, 5.41) is 5.88. The zero-order valence-corrected chi connectivity index (χ0v) is 11.4. The van der Waals surface area contributed by atoms with Gasteiger partial charge in [0.25, 0.3) is 0 Å². The molecule has 5 heteroatoms. The van der Waals surface area contributed by atoms with Crippen molar-refractivity contribution in [2.24, 2.45) is 0 Å². The molecule has 0 bridgehead atoms. The molecule has 0 aliphatic rings. The maximum atomic E-state index is 6.03. The Morgan fingerprint density at radius 2 is 2.21 bits per heavy atom. The Bertz CT molecular complexity index is 702. The normalized spacial score (nSPS) is 11.3. The summed E-state index contributed by atoms with van der Waals surface area (Å²) in [6, 6.07) is 7.90. The third-order valence-electron chi connectivity index (χ3n) is 3.02. The van der Waals surface area contributed by atoms with E-state index in [1.54, 1.807) is 0 Å². The SMILES string of the molecule is CCCc1nc(Cn2ccc3ccc(Cl)cc32)no1. The first-order valence-electron chi connectivity index (χ1n) is 6.32. The van der Waals surface area contributed by atoms with Gasteiger partial charge in [-0.05, 0) is 30.0 Å². The quantitative estimate of drug-likeness (QED) is 0.729. The molecule has 0 spiro atoms. The standard InChI is InChI=1S/C14H14ClN3O/c1-2-3-14-16-13(17-19-14)9-18-7-6-10-4-5-11(15)8-12(10)18/h4-8H,2-3,9H2,1H3. The summed E-state index contributed by atoms with van der Waals surface area (Å²) >= 11 is 6.03. The number of halogens is 1. The molecule has 3 aromatic rings. The molecule has 0 saturated heterocycles. The molecule has 0 amide bonds. The summed E-state index contributed by atoms with van der Waals surface area (Å²) in [4.78, 5) is 4.37. The summed E-state index contributed by atoms with van der Waals surface area (Å²) in [5.74, 6) is 1.40. The Kier molecular flexibility index (Phi) is 3.25. The number of benzene rings is 1. The number of hydrogen-bond acceptors (Lipinski definition) is 3. The van der Waals surface area contributed by atoms with Crippen molar-refractivity contribution in [3.05, 3.63) is 47.2 Å². The van der Waals surface area contributed by atoms with Gasteiger partial charge in [0.15, 0.2) is 5.82 Å². The van der Waals surface area contributed by atoms with Crippen LogP contribution in [-0.2, 0) is 13.0 Å². The highest BCUT2D eigenvalue weighted by molar-refractivity contribution is 6.31. The summed E-state index contributed by atoms with van der Waals surface area (Å²) < 4.78 is 7.26. The predicted octanol–water partition coefficient (Wildman–Crippen LogP) is 3.68. The van der Waals surface area contributed by atoms with Crippen LogP contribution in [-0.4, -0.2) is 14.7 Å². The molecule has 0 radical (unpaired) electrons. The number of aryl methyl sites for hydroxylation is 1. The highest BCUT2D eigenvalue weighted by atomic mass is 35.5. The third-order valence-corrected chi connectivity index (χ3v) is 3.26. The van der Waals surface area contributed by atoms with Crippen LogP contribution in [0.5, 0.6) is 0 Å². The molecule has 4 nitrogen and oxygen atoms in total. The maximum absolute atomic E-state index is 6.03. The van der Waals surface area contributed by atoms with Gasteiger partial charge in [0.2, 0.25) is 5.89 Å². The molecule has 1 aromatic carbocycles. The molecule has 0 unspecified atom stereocenters. The van der Waals surface area contributed by atoms with Crippen LogP contribution in [0.25, 0.3) is 10.9 Å². The van der Waals surface area contributed by atoms with Crippen molar-refractivity contribution >= 4 is 22.5 Å². The van der Waals surface area contributed by atoms with Crippen molar-refractivity contribution in [1.29, 1.82) is 0 Å². The molecule has 19 heavy (non-hydrogen) atoms. The highest BCUT2D eigenvalue weighted by Crippen LogP contribution is 2.21. The molecule has 0 atom stereocenters. The Labute approximate surface area is 116 Å². The zero-order chi connectivity index (χ0) is 13.2. The fourth-order valence-corrected chi connectivity index (χ4v) is 2.28. The van der Waals surface area contributed by atoms with Crippen molar-refractivity contribution in [1.82, 2.24) is 14.7 Å². The van der Waals surface area contributed by atoms with Crippen molar-refractivity contribution < 1.29 is 4.52 Å². The van der Waals surface area contributed by atoms with E-state index in [0.717, 1.165) is 28.8 Å². The van der Waals surface area contributed by atoms with E-state index in [1.807, 2.05) is 24.4 Å². The van der Waals surface area contributed by atoms with Crippen molar-refractivity contribution in [3.8, 4) is 0 Å². The molecule has 0 saturated carbocycles. The first-order chi connectivity index (χ1) is 9.26. The molecule has 2 aromatic heterocycles. The topological polar surface area (TPSA) is 43.9 Å². The molecule has 0 N–H and O–H groups in total. The number of aromatic nitrogens is 3. The molecular formula is C14H14ClN3O. The van der Waals surface area contributed by atoms with Crippen molar-refractivity contribution in [2.45, 2.75) is 26.3 Å². The van der Waals surface area contributed by atoms with Crippen molar-refractivity contribution in [3.63, 3.8) is 0 Å². The van der Waals surface area contributed by atoms with Crippen LogP contribution >= 0.6 is 11.6 Å². The molecule has 0 aliphatic carbocycles. The van der Waals surface area contributed by atoms with E-state index in [4.69, 9.17) is 16.1 Å². The van der Waals surface area contributed by atoms with Crippen LogP contribution in [0.3, 0.4) is 0 Å². The average Bonchev–Trinajstić information content (AvgIpc) is 2.98. The Hall–Kier alpha value is -1.81. The second-order valence-corrected chi connectivity index (χ2v) is 4.94. The van der Waals surface area contributed by atoms with Crippen LogP contribution < -0.4 is 0 Å². The smallest absolute Gasteiger partial charge is 0.226 e. The van der Waals surface area contributed by atoms with Crippen LogP contribution in [0, 0.1) is 0 Å². The molecule has 98 valence electrons. The van der Waals surface area contributed by atoms with E-state index in [9.17, 15) is 0 Å². The van der Waals surface area contributed by atoms with Gasteiger partial charge < -0.3 is 9.09 Å². The van der Waals surface area contributed by atoms with Crippen LogP contribution in [0.2, 0.25) is 5.02 Å². The van der Waals surface area contributed by atoms with Crippen molar-refractivity contribution in [2.75, 3.05) is 0 Å². The van der Waals surface area contributed by atoms with E-state index < -0.39 is 0 Å². The Morgan fingerprint density at radius 1 is 1.32 bits per heavy atom. The molecular weight excluding hydrogens is 262 g/mol. The number of rotatable bonds is 4. The lowest BCUT2D eigenvalue weighted by Gasteiger charge is -2.01. The lowest BCUT2D eigenvalue weighted by molar-refractivity contribution is 0.371. The van der Waals surface area contributed by atoms with E-state index in [2.05, 4.69) is 27.7 Å². The molecule has 2 heterocycles. The predicted molar refractivity (Wildman–Crippen MR) is 74.3 cm³/mol. The first kappa shape index (κ1) is 12.2. The van der Waals surface area contributed by atoms with E-state index in [1.165, 1.54) is 0 Å². The summed E-state index contributed by atoms with van der Waals surface area (Å²) in [5.41, 5.74) is 1.08. The van der Waals surface area contributed by atoms with Gasteiger partial charge >= 0.3 is 0 Å². The molecule has 0 aliphatic heterocycles. The van der Waals surface area contributed by atoms with Crippen LogP contribution in [0.1, 0.15) is 25.1 Å². The van der Waals surface area contributed by atoms with E-state index >= 15 is 0 Å². The largest absolute Gasteiger partial charge is 0.340 e. The van der Waals surface area contributed by atoms with E-state index in [-0.39, 0.29) is 0 Å². The summed E-state index contributed by atoms with van der Waals surface area (Å²) in [6.45, 7) is 2.68. The zero-order valence-electron chi connectivity index (χ0n) is 10.6. The minimum absolute atomic E-state index is 0.594. The van der Waals surface area contributed by atoms with Gasteiger partial charge in [-0.3, -0.25) is 0 Å². The van der Waals surface area contributed by atoms with Gasteiger partial charge in [-0.1, -0.05) is 29.7 Å². The Morgan fingerprint density at radius 3 is 3.05 bits per heavy atom. The molecule has 0 fully saturated rings. The van der Waals surface area contributed by atoms with Gasteiger partial charge in [0.1, 0.15) is 0 Å². The third kappa shape index (κ3) is 2.49. The van der Waals surface area contributed by atoms with Crippen LogP contribution in [0.4, 0.5) is 0 Å². The lowest BCUT2D eigenvalue weighted by Crippen LogP contribution is -2.00. The lowest BCUT2D eigenvalue weighted by atomic mass is 10.2. The van der Waals surface area contributed by atoms with Gasteiger partial charge in [-0.2, -0.15) is 4.98 Å². The second-order valence-electron chi connectivity index (χ2n) is 4.50. The summed E-state index contributed by atoms with van der Waals surface area (Å²) in [6.07, 6.45) is 3.84. The number of nitrogens with zero attached hydrogens (tertiary/aromatic N) is 3. The fraction of sp³-hybridized carbons (Fsp3) is 0.286. The first-order valence-corrected chi connectivity index (χ1v) is 6.70. The van der Waals surface area contributed by atoms with Gasteiger partial charge in [-0.15, -0.1) is 0 Å². The van der Waals surface area contributed by atoms with E-state index in [0.29, 0.717) is 18.3 Å². The number of hydrogen-bond donors (Lipinski definition) is 0. The fourth-order valence-electron chi connectivity index (χ4n) is 2.12. The minimum Gasteiger partial charge on any atom is -0.340 e. The minimum atomic E-state index is 0.594. The monoisotopic (exact) mass is 275 g/mol. The highest BCUT2D eigenvalue weighted by Gasteiger charge is 2.08. The Balaban J connectivity index is 1.89.